The summed E-state index contributed by atoms with van der Waals surface area (Å²) in [6.07, 6.45) is 3.74. The van der Waals surface area contributed by atoms with Gasteiger partial charge in [-0.25, -0.2) is 4.39 Å². The van der Waals surface area contributed by atoms with Crippen molar-refractivity contribution in [2.75, 3.05) is 6.54 Å². The minimum absolute atomic E-state index is 0.191. The lowest BCUT2D eigenvalue weighted by molar-refractivity contribution is 0.520. The summed E-state index contributed by atoms with van der Waals surface area (Å²) >= 11 is 3.15. The van der Waals surface area contributed by atoms with Crippen LogP contribution in [0.5, 0.6) is 0 Å². The predicted octanol–water partition coefficient (Wildman–Crippen LogP) is 4.50. The van der Waals surface area contributed by atoms with Crippen LogP contribution in [-0.4, -0.2) is 6.54 Å². The lowest BCUT2D eigenvalue weighted by Crippen LogP contribution is -2.14. The van der Waals surface area contributed by atoms with Crippen molar-refractivity contribution in [3.63, 3.8) is 0 Å². The van der Waals surface area contributed by atoms with Gasteiger partial charge in [0.2, 0.25) is 0 Å². The van der Waals surface area contributed by atoms with E-state index in [9.17, 15) is 4.39 Å². The molecule has 1 N–H and O–H groups in total. The predicted molar refractivity (Wildman–Crippen MR) is 74.5 cm³/mol. The summed E-state index contributed by atoms with van der Waals surface area (Å²) in [7, 11) is 0. The molecule has 0 heterocycles. The van der Waals surface area contributed by atoms with Crippen LogP contribution < -0.4 is 5.32 Å². The fourth-order valence-electron chi connectivity index (χ4n) is 1.68. The van der Waals surface area contributed by atoms with Crippen LogP contribution in [0.15, 0.2) is 22.7 Å². The fraction of sp³-hybridized carbons (Fsp3) is 0.571. The molecule has 1 aromatic carbocycles. The zero-order chi connectivity index (χ0) is 12.7. The summed E-state index contributed by atoms with van der Waals surface area (Å²) < 4.78 is 13.7. The van der Waals surface area contributed by atoms with E-state index in [1.807, 2.05) is 6.07 Å². The van der Waals surface area contributed by atoms with Crippen molar-refractivity contribution in [3.8, 4) is 0 Å². The monoisotopic (exact) mass is 301 g/mol. The molecule has 1 rings (SSSR count). The number of halogens is 2. The van der Waals surface area contributed by atoms with Crippen LogP contribution in [0.1, 0.15) is 38.7 Å². The quantitative estimate of drug-likeness (QED) is 0.731. The molecule has 0 atom stereocenters. The van der Waals surface area contributed by atoms with E-state index in [1.54, 1.807) is 12.1 Å². The third-order valence-corrected chi connectivity index (χ3v) is 3.34. The molecule has 0 amide bonds. The smallest absolute Gasteiger partial charge is 0.137 e. The van der Waals surface area contributed by atoms with Crippen LogP contribution in [0.25, 0.3) is 0 Å². The van der Waals surface area contributed by atoms with Crippen molar-refractivity contribution >= 4 is 15.9 Å². The van der Waals surface area contributed by atoms with Crippen LogP contribution in [0.3, 0.4) is 0 Å². The van der Waals surface area contributed by atoms with Gasteiger partial charge in [0.05, 0.1) is 4.47 Å². The summed E-state index contributed by atoms with van der Waals surface area (Å²) in [5.74, 6) is 0.597. The largest absolute Gasteiger partial charge is 0.313 e. The minimum Gasteiger partial charge on any atom is -0.313 e. The van der Waals surface area contributed by atoms with Gasteiger partial charge in [-0.2, -0.15) is 0 Å². The van der Waals surface area contributed by atoms with Gasteiger partial charge in [-0.15, -0.1) is 0 Å². The Bertz CT molecular complexity index is 339. The highest BCUT2D eigenvalue weighted by molar-refractivity contribution is 9.10. The van der Waals surface area contributed by atoms with E-state index in [1.165, 1.54) is 19.3 Å². The standard InChI is InChI=1S/C14H21BrFN/c1-11(2)5-3-4-8-17-10-12-6-7-13(15)14(16)9-12/h6-7,9,11,17H,3-5,8,10H2,1-2H3. The number of hydrogen-bond donors (Lipinski definition) is 1. The number of rotatable bonds is 7. The SMILES string of the molecule is CC(C)CCCCNCc1ccc(Br)c(F)c1. The highest BCUT2D eigenvalue weighted by atomic mass is 79.9. The molecule has 0 fully saturated rings. The Balaban J connectivity index is 2.16. The molecule has 1 aromatic rings. The second kappa shape index (κ2) is 7.83. The third-order valence-electron chi connectivity index (χ3n) is 2.70. The summed E-state index contributed by atoms with van der Waals surface area (Å²) in [4.78, 5) is 0. The molecule has 0 radical (unpaired) electrons. The fourth-order valence-corrected chi connectivity index (χ4v) is 1.93. The normalized spacial score (nSPS) is 11.1. The van der Waals surface area contributed by atoms with Crippen molar-refractivity contribution in [1.82, 2.24) is 5.32 Å². The maximum absolute atomic E-state index is 13.2. The van der Waals surface area contributed by atoms with Crippen LogP contribution in [-0.2, 0) is 6.54 Å². The topological polar surface area (TPSA) is 12.0 Å². The van der Waals surface area contributed by atoms with Crippen molar-refractivity contribution in [2.24, 2.45) is 5.92 Å². The molecule has 0 aliphatic heterocycles. The number of benzene rings is 1. The lowest BCUT2D eigenvalue weighted by atomic mass is 10.1. The van der Waals surface area contributed by atoms with Gasteiger partial charge in [0.15, 0.2) is 0 Å². The van der Waals surface area contributed by atoms with Crippen LogP contribution in [0, 0.1) is 11.7 Å². The summed E-state index contributed by atoms with van der Waals surface area (Å²) in [5.41, 5.74) is 0.995. The second-order valence-corrected chi connectivity index (χ2v) is 5.67. The first-order valence-corrected chi connectivity index (χ1v) is 7.03. The van der Waals surface area contributed by atoms with Crippen molar-refractivity contribution in [1.29, 1.82) is 0 Å². The molecule has 0 saturated heterocycles. The Morgan fingerprint density at radius 2 is 2.06 bits per heavy atom. The van der Waals surface area contributed by atoms with Gasteiger partial charge < -0.3 is 5.32 Å². The highest BCUT2D eigenvalue weighted by Gasteiger charge is 2.00. The molecule has 96 valence electrons. The van der Waals surface area contributed by atoms with Crippen molar-refractivity contribution in [2.45, 2.75) is 39.7 Å². The Labute approximate surface area is 112 Å². The van der Waals surface area contributed by atoms with Crippen LogP contribution in [0.2, 0.25) is 0 Å². The molecular weight excluding hydrogens is 281 g/mol. The third kappa shape index (κ3) is 6.18. The maximum atomic E-state index is 13.2. The van der Waals surface area contributed by atoms with Crippen LogP contribution in [0.4, 0.5) is 4.39 Å². The van der Waals surface area contributed by atoms with E-state index >= 15 is 0 Å². The number of hydrogen-bond acceptors (Lipinski definition) is 1. The first-order chi connectivity index (χ1) is 8.09. The maximum Gasteiger partial charge on any atom is 0.137 e. The van der Waals surface area contributed by atoms with Gasteiger partial charge in [-0.05, 0) is 52.5 Å². The van der Waals surface area contributed by atoms with Gasteiger partial charge in [0.25, 0.3) is 0 Å². The van der Waals surface area contributed by atoms with Gasteiger partial charge in [-0.1, -0.05) is 32.8 Å². The second-order valence-electron chi connectivity index (χ2n) is 4.81. The zero-order valence-corrected chi connectivity index (χ0v) is 12.2. The first-order valence-electron chi connectivity index (χ1n) is 6.24. The molecule has 0 spiro atoms. The highest BCUT2D eigenvalue weighted by Crippen LogP contribution is 2.16. The molecule has 0 aliphatic carbocycles. The molecule has 17 heavy (non-hydrogen) atoms. The molecule has 0 saturated carbocycles. The molecule has 3 heteroatoms. The lowest BCUT2D eigenvalue weighted by Gasteiger charge is -2.07. The molecule has 0 aliphatic rings. The van der Waals surface area contributed by atoms with E-state index in [2.05, 4.69) is 35.1 Å². The Hall–Kier alpha value is -0.410. The number of unbranched alkanes of at least 4 members (excludes halogenated alkanes) is 1. The Kier molecular flexibility index (Phi) is 6.75. The summed E-state index contributed by atoms with van der Waals surface area (Å²) in [5, 5.41) is 3.34. The molecule has 0 unspecified atom stereocenters. The zero-order valence-electron chi connectivity index (χ0n) is 10.6. The minimum atomic E-state index is -0.191. The van der Waals surface area contributed by atoms with Gasteiger partial charge in [0.1, 0.15) is 5.82 Å². The Morgan fingerprint density at radius 1 is 1.29 bits per heavy atom. The first kappa shape index (κ1) is 14.7. The molecule has 1 nitrogen and oxygen atoms in total. The molecule has 0 bridgehead atoms. The van der Waals surface area contributed by atoms with E-state index in [4.69, 9.17) is 0 Å². The average molecular weight is 302 g/mol. The van der Waals surface area contributed by atoms with Crippen LogP contribution >= 0.6 is 15.9 Å². The van der Waals surface area contributed by atoms with Gasteiger partial charge in [-0.3, -0.25) is 0 Å². The number of nitrogens with one attached hydrogen (secondary N) is 1. The molecular formula is C14H21BrFN. The van der Waals surface area contributed by atoms with E-state index in [0.717, 1.165) is 24.6 Å². The Morgan fingerprint density at radius 3 is 2.71 bits per heavy atom. The van der Waals surface area contributed by atoms with Gasteiger partial charge in [0, 0.05) is 6.54 Å². The van der Waals surface area contributed by atoms with E-state index in [0.29, 0.717) is 4.47 Å². The summed E-state index contributed by atoms with van der Waals surface area (Å²) in [6.45, 7) is 6.24. The van der Waals surface area contributed by atoms with Gasteiger partial charge >= 0.3 is 0 Å². The van der Waals surface area contributed by atoms with Crippen molar-refractivity contribution < 1.29 is 4.39 Å². The van der Waals surface area contributed by atoms with E-state index < -0.39 is 0 Å². The summed E-state index contributed by atoms with van der Waals surface area (Å²) in [6, 6.07) is 5.27. The average Bonchev–Trinajstić information content (AvgIpc) is 2.27. The molecule has 0 aromatic heterocycles. The van der Waals surface area contributed by atoms with E-state index in [-0.39, 0.29) is 5.82 Å². The van der Waals surface area contributed by atoms with Crippen molar-refractivity contribution in [3.05, 3.63) is 34.1 Å².